The van der Waals surface area contributed by atoms with Gasteiger partial charge in [-0.25, -0.2) is 0 Å². The number of aliphatic hydroxyl groups is 2. The molecule has 1 aliphatic heterocycles. The summed E-state index contributed by atoms with van der Waals surface area (Å²) in [5.41, 5.74) is 6.26. The number of pyridine rings is 1. The third-order valence-electron chi connectivity index (χ3n) is 11.8. The number of hydrogen-bond acceptors (Lipinski definition) is 13. The van der Waals surface area contributed by atoms with Crippen LogP contribution >= 0.6 is 11.8 Å². The van der Waals surface area contributed by atoms with Gasteiger partial charge in [-0.3, -0.25) is 25.1 Å². The van der Waals surface area contributed by atoms with Gasteiger partial charge in [0.05, 0.1) is 39.8 Å². The van der Waals surface area contributed by atoms with Gasteiger partial charge in [0.25, 0.3) is 5.69 Å². The molecular formula is C47H55N5O8S. The fourth-order valence-electron chi connectivity index (χ4n) is 9.07. The molecule has 0 unspecified atom stereocenters. The molecule has 2 aromatic carbocycles. The van der Waals surface area contributed by atoms with Gasteiger partial charge in [-0.1, -0.05) is 36.2 Å². The fraction of sp³-hybridized carbons (Fsp3) is 0.447. The normalized spacial score (nSPS) is 23.3. The molecule has 3 heterocycles. The average molecular weight is 850 g/mol. The van der Waals surface area contributed by atoms with Crippen molar-refractivity contribution >= 4 is 23.2 Å². The molecule has 14 heteroatoms. The minimum atomic E-state index is -1.12. The summed E-state index contributed by atoms with van der Waals surface area (Å²) in [6, 6.07) is 18.3. The number of aryl methyl sites for hydroxylation is 2. The van der Waals surface area contributed by atoms with E-state index in [0.717, 1.165) is 76.7 Å². The lowest BCUT2D eigenvalue weighted by molar-refractivity contribution is -0.384. The molecule has 1 fully saturated rings. The number of nitrogens with zero attached hydrogens (tertiary/aromatic N) is 5. The van der Waals surface area contributed by atoms with Crippen LogP contribution in [0, 0.1) is 34.8 Å². The quantitative estimate of drug-likeness (QED) is 0.0335. The average Bonchev–Trinajstić information content (AvgIpc) is 3.27. The minimum Gasteiger partial charge on any atom is -0.487 e. The van der Waals surface area contributed by atoms with E-state index in [0.29, 0.717) is 38.0 Å². The van der Waals surface area contributed by atoms with Gasteiger partial charge in [0.1, 0.15) is 24.7 Å². The molecule has 3 aliphatic rings. The van der Waals surface area contributed by atoms with Crippen LogP contribution in [0.5, 0.6) is 11.5 Å². The van der Waals surface area contributed by atoms with Crippen molar-refractivity contribution in [2.45, 2.75) is 88.5 Å². The SMILES string of the molecule is C=CCO[C@@]12Oc3ccc(OCc4cccc(C)n4)cc3[C@H]3[C@H](CCCCO)[C@@H](CCCCO)C=C(C(=NOCc4ccc([N+](=O)[O-])cc4)C[C@@H]1SCCc1cnccn1)[C@H]32. The molecule has 0 radical (unpaired) electrons. The monoisotopic (exact) mass is 849 g/mol. The lowest BCUT2D eigenvalue weighted by Crippen LogP contribution is -2.64. The van der Waals surface area contributed by atoms with E-state index < -0.39 is 10.7 Å². The molecule has 61 heavy (non-hydrogen) atoms. The molecule has 7 rings (SSSR count). The summed E-state index contributed by atoms with van der Waals surface area (Å²) < 4.78 is 20.8. The number of oxime groups is 1. The molecule has 2 aromatic heterocycles. The van der Waals surface area contributed by atoms with Gasteiger partial charge in [0.2, 0.25) is 5.79 Å². The standard InChI is InChI=1S/C47H55N5O8S/c1-3-24-58-47-44(61-25-19-35-29-48-20-21-49-35)28-42(51-59-30-33-13-15-37(16-14-33)52(55)56)40-26-34(10-4-6-22-53)39(12-5-7-23-54)45(46(40)47)41-27-38(17-18-43(41)60-47)57-31-36-11-8-9-32(2)50-36/h3,8-9,11,13-18,20-21,26-27,29,34,39,44-46,53-54H,1,4-7,10,12,19,22-25,28,30-31H2,2H3/t34-,39+,44-,45+,46+,47+/m0/s1. The molecule has 0 bridgehead atoms. The van der Waals surface area contributed by atoms with Crippen LogP contribution in [0.1, 0.15) is 79.1 Å². The van der Waals surface area contributed by atoms with Gasteiger partial charge in [0, 0.05) is 74.0 Å². The first kappa shape index (κ1) is 43.9. The Morgan fingerprint density at radius 3 is 2.59 bits per heavy atom. The van der Waals surface area contributed by atoms with E-state index in [1.807, 2.05) is 37.3 Å². The number of aromatic nitrogens is 3. The van der Waals surface area contributed by atoms with Crippen LogP contribution in [-0.4, -0.2) is 72.4 Å². The second-order valence-corrected chi connectivity index (χ2v) is 17.1. The van der Waals surface area contributed by atoms with Crippen molar-refractivity contribution in [3.8, 4) is 11.5 Å². The first-order valence-electron chi connectivity index (χ1n) is 21.2. The Balaban J connectivity index is 1.33. The highest BCUT2D eigenvalue weighted by Gasteiger charge is 2.64. The highest BCUT2D eigenvalue weighted by atomic mass is 32.2. The summed E-state index contributed by atoms with van der Waals surface area (Å²) in [4.78, 5) is 30.5. The number of thioether (sulfide) groups is 1. The van der Waals surface area contributed by atoms with E-state index in [2.05, 4.69) is 33.7 Å². The van der Waals surface area contributed by atoms with Gasteiger partial charge < -0.3 is 29.3 Å². The molecule has 2 N–H and O–H groups in total. The van der Waals surface area contributed by atoms with E-state index in [4.69, 9.17) is 24.2 Å². The summed E-state index contributed by atoms with van der Waals surface area (Å²) in [7, 11) is 0. The van der Waals surface area contributed by atoms with E-state index in [1.165, 1.54) is 12.1 Å². The Bertz CT molecular complexity index is 2150. The first-order chi connectivity index (χ1) is 29.8. The van der Waals surface area contributed by atoms with Crippen molar-refractivity contribution in [1.82, 2.24) is 15.0 Å². The van der Waals surface area contributed by atoms with Gasteiger partial charge >= 0.3 is 0 Å². The van der Waals surface area contributed by atoms with Crippen molar-refractivity contribution in [3.05, 3.63) is 142 Å². The maximum Gasteiger partial charge on any atom is 0.269 e. The zero-order valence-electron chi connectivity index (χ0n) is 34.6. The van der Waals surface area contributed by atoms with Crippen molar-refractivity contribution in [2.24, 2.45) is 22.9 Å². The van der Waals surface area contributed by atoms with Crippen molar-refractivity contribution in [3.63, 3.8) is 0 Å². The molecule has 322 valence electrons. The maximum absolute atomic E-state index is 11.3. The van der Waals surface area contributed by atoms with Crippen molar-refractivity contribution in [1.29, 1.82) is 0 Å². The molecule has 1 saturated carbocycles. The number of unbranched alkanes of at least 4 members (excludes halogenated alkanes) is 2. The number of rotatable bonds is 22. The molecule has 6 atom stereocenters. The van der Waals surface area contributed by atoms with E-state index in [1.54, 1.807) is 48.6 Å². The summed E-state index contributed by atoms with van der Waals surface area (Å²) in [5, 5.41) is 35.8. The number of ether oxygens (including phenoxy) is 3. The third kappa shape index (κ3) is 10.5. The number of non-ortho nitro benzene ring substituents is 1. The molecule has 2 aliphatic carbocycles. The molecule has 0 spiro atoms. The van der Waals surface area contributed by atoms with Gasteiger partial charge in [-0.15, -0.1) is 6.58 Å². The Hall–Kier alpha value is -5.15. The minimum absolute atomic E-state index is 0.0108. The van der Waals surface area contributed by atoms with Crippen LogP contribution in [0.2, 0.25) is 0 Å². The molecule has 0 saturated heterocycles. The summed E-state index contributed by atoms with van der Waals surface area (Å²) in [5.74, 6) is 0.874. The van der Waals surface area contributed by atoms with Gasteiger partial charge in [-0.2, -0.15) is 11.8 Å². The summed E-state index contributed by atoms with van der Waals surface area (Å²) in [6.45, 7) is 6.93. The molecular weight excluding hydrogens is 795 g/mol. The topological polar surface area (TPSA) is 172 Å². The maximum atomic E-state index is 11.3. The number of nitro groups is 1. The fourth-order valence-corrected chi connectivity index (χ4v) is 10.4. The zero-order chi connectivity index (χ0) is 42.6. The molecule has 4 aromatic rings. The van der Waals surface area contributed by atoms with Gasteiger partial charge in [-0.05, 0) is 104 Å². The number of hydrogen-bond donors (Lipinski definition) is 2. The van der Waals surface area contributed by atoms with Crippen LogP contribution in [-0.2, 0) is 29.2 Å². The smallest absolute Gasteiger partial charge is 0.269 e. The Morgan fingerprint density at radius 2 is 1.85 bits per heavy atom. The second kappa shape index (κ2) is 21.1. The number of benzene rings is 2. The predicted molar refractivity (Wildman–Crippen MR) is 234 cm³/mol. The molecule has 0 amide bonds. The van der Waals surface area contributed by atoms with E-state index in [-0.39, 0.29) is 61.0 Å². The zero-order valence-corrected chi connectivity index (χ0v) is 35.5. The van der Waals surface area contributed by atoms with Crippen LogP contribution in [0.25, 0.3) is 0 Å². The predicted octanol–water partition coefficient (Wildman–Crippen LogP) is 8.48. The van der Waals surface area contributed by atoms with E-state index in [9.17, 15) is 20.3 Å². The molecule has 13 nitrogen and oxygen atoms in total. The number of nitro benzene ring substituents is 1. The van der Waals surface area contributed by atoms with E-state index >= 15 is 0 Å². The largest absolute Gasteiger partial charge is 0.487 e. The Labute approximate surface area is 361 Å². The number of aliphatic hydroxyl groups excluding tert-OH is 2. The van der Waals surface area contributed by atoms with Crippen molar-refractivity contribution < 1.29 is 34.2 Å². The highest BCUT2D eigenvalue weighted by Crippen LogP contribution is 2.62. The summed E-state index contributed by atoms with van der Waals surface area (Å²) in [6.07, 6.45) is 15.2. The number of fused-ring (bicyclic) bond motifs is 2. The third-order valence-corrected chi connectivity index (χ3v) is 13.1. The van der Waals surface area contributed by atoms with Crippen LogP contribution in [0.3, 0.4) is 0 Å². The van der Waals surface area contributed by atoms with Crippen LogP contribution in [0.15, 0.2) is 109 Å². The van der Waals surface area contributed by atoms with Crippen LogP contribution in [0.4, 0.5) is 5.69 Å². The Morgan fingerprint density at radius 1 is 1.03 bits per heavy atom. The number of allylic oxidation sites excluding steroid dienone is 1. The second-order valence-electron chi connectivity index (χ2n) is 15.8. The first-order valence-corrected chi connectivity index (χ1v) is 22.2. The van der Waals surface area contributed by atoms with Crippen molar-refractivity contribution in [2.75, 3.05) is 25.6 Å². The lowest BCUT2D eigenvalue weighted by atomic mass is 9.56. The van der Waals surface area contributed by atoms with Gasteiger partial charge in [0.15, 0.2) is 0 Å². The Kier molecular flexibility index (Phi) is 15.2. The summed E-state index contributed by atoms with van der Waals surface area (Å²) >= 11 is 1.76. The lowest BCUT2D eigenvalue weighted by Gasteiger charge is -2.58. The van der Waals surface area contributed by atoms with Crippen LogP contribution < -0.4 is 9.47 Å². The highest BCUT2D eigenvalue weighted by molar-refractivity contribution is 8.00.